The van der Waals surface area contributed by atoms with Gasteiger partial charge in [0, 0.05) is 19.1 Å². The highest BCUT2D eigenvalue weighted by molar-refractivity contribution is 5.92. The Bertz CT molecular complexity index is 430. The van der Waals surface area contributed by atoms with Crippen LogP contribution in [-0.2, 0) is 0 Å². The van der Waals surface area contributed by atoms with Crippen molar-refractivity contribution in [2.75, 3.05) is 18.4 Å². The summed E-state index contributed by atoms with van der Waals surface area (Å²) < 4.78 is 0. The fraction of sp³-hybridized carbons (Fsp3) is 0.667. The van der Waals surface area contributed by atoms with E-state index in [0.29, 0.717) is 17.6 Å². The Morgan fingerprint density at radius 3 is 2.85 bits per heavy atom. The summed E-state index contributed by atoms with van der Waals surface area (Å²) in [6.45, 7) is 5.82. The van der Waals surface area contributed by atoms with Gasteiger partial charge in [-0.05, 0) is 32.6 Å². The third kappa shape index (κ3) is 3.46. The van der Waals surface area contributed by atoms with Crippen molar-refractivity contribution < 1.29 is 4.79 Å². The number of rotatable bonds is 5. The molecule has 0 saturated carbocycles. The molecular formula is C15H24N4O. The molecule has 1 amide bonds. The third-order valence-electron chi connectivity index (χ3n) is 3.74. The second-order valence-corrected chi connectivity index (χ2v) is 5.25. The quantitative estimate of drug-likeness (QED) is 0.898. The lowest BCUT2D eigenvalue weighted by atomic mass is 9.98. The first-order valence-electron chi connectivity index (χ1n) is 7.63. The maximum Gasteiger partial charge on any atom is 0.274 e. The molecule has 5 heteroatoms. The van der Waals surface area contributed by atoms with Crippen molar-refractivity contribution in [3.05, 3.63) is 18.1 Å². The zero-order chi connectivity index (χ0) is 14.4. The summed E-state index contributed by atoms with van der Waals surface area (Å²) in [5, 5.41) is 3.08. The van der Waals surface area contributed by atoms with E-state index in [1.54, 1.807) is 12.4 Å². The highest BCUT2D eigenvalue weighted by Crippen LogP contribution is 2.22. The zero-order valence-corrected chi connectivity index (χ0v) is 12.4. The Kier molecular flexibility index (Phi) is 5.32. The molecule has 1 aromatic rings. The van der Waals surface area contributed by atoms with Crippen LogP contribution in [0.5, 0.6) is 0 Å². The maximum absolute atomic E-state index is 12.6. The Morgan fingerprint density at radius 1 is 1.35 bits per heavy atom. The normalized spacial score (nSPS) is 18.9. The molecule has 0 aromatic carbocycles. The molecule has 1 aromatic heterocycles. The van der Waals surface area contributed by atoms with Crippen LogP contribution in [-0.4, -0.2) is 39.9 Å². The van der Waals surface area contributed by atoms with Crippen molar-refractivity contribution in [1.29, 1.82) is 0 Å². The van der Waals surface area contributed by atoms with E-state index >= 15 is 0 Å². The summed E-state index contributed by atoms with van der Waals surface area (Å²) in [6, 6.07) is 0.372. The van der Waals surface area contributed by atoms with Gasteiger partial charge in [-0.15, -0.1) is 0 Å². The van der Waals surface area contributed by atoms with Gasteiger partial charge in [0.15, 0.2) is 0 Å². The van der Waals surface area contributed by atoms with Crippen LogP contribution in [0.4, 0.5) is 5.82 Å². The van der Waals surface area contributed by atoms with Gasteiger partial charge in [0.2, 0.25) is 0 Å². The van der Waals surface area contributed by atoms with Gasteiger partial charge in [-0.25, -0.2) is 9.97 Å². The fourth-order valence-electron chi connectivity index (χ4n) is 2.76. The lowest BCUT2D eigenvalue weighted by molar-refractivity contribution is 0.0594. The molecule has 1 saturated heterocycles. The topological polar surface area (TPSA) is 58.1 Å². The predicted octanol–water partition coefficient (Wildman–Crippen LogP) is 2.70. The SMILES string of the molecule is CCCC1CCCCN1C(=O)c1cnc(NCC)cn1. The molecule has 0 spiro atoms. The van der Waals surface area contributed by atoms with Gasteiger partial charge in [0.1, 0.15) is 11.5 Å². The van der Waals surface area contributed by atoms with Crippen LogP contribution >= 0.6 is 0 Å². The first-order chi connectivity index (χ1) is 9.76. The van der Waals surface area contributed by atoms with E-state index in [1.807, 2.05) is 11.8 Å². The summed E-state index contributed by atoms with van der Waals surface area (Å²) in [5.41, 5.74) is 0.453. The van der Waals surface area contributed by atoms with Gasteiger partial charge in [0.25, 0.3) is 5.91 Å². The summed E-state index contributed by atoms with van der Waals surface area (Å²) in [5.74, 6) is 0.742. The molecule has 2 rings (SSSR count). The Hall–Kier alpha value is -1.65. The average Bonchev–Trinajstić information content (AvgIpc) is 2.49. The van der Waals surface area contributed by atoms with Crippen LogP contribution in [0.1, 0.15) is 56.4 Å². The van der Waals surface area contributed by atoms with E-state index in [-0.39, 0.29) is 5.91 Å². The number of amides is 1. The molecular weight excluding hydrogens is 252 g/mol. The smallest absolute Gasteiger partial charge is 0.274 e. The molecule has 1 N–H and O–H groups in total. The molecule has 1 atom stereocenters. The first kappa shape index (κ1) is 14.8. The van der Waals surface area contributed by atoms with Crippen LogP contribution in [0.25, 0.3) is 0 Å². The third-order valence-corrected chi connectivity index (χ3v) is 3.74. The standard InChI is InChI=1S/C15H24N4O/c1-3-7-12-8-5-6-9-19(12)15(20)13-10-18-14(11-17-13)16-4-2/h10-12H,3-9H2,1-2H3,(H,16,18). The molecule has 1 aliphatic heterocycles. The van der Waals surface area contributed by atoms with E-state index in [2.05, 4.69) is 22.2 Å². The Labute approximate surface area is 120 Å². The number of piperidine rings is 1. The van der Waals surface area contributed by atoms with Gasteiger partial charge in [-0.1, -0.05) is 13.3 Å². The van der Waals surface area contributed by atoms with E-state index in [4.69, 9.17) is 0 Å². The second kappa shape index (κ2) is 7.22. The van der Waals surface area contributed by atoms with Crippen LogP contribution in [0.2, 0.25) is 0 Å². The van der Waals surface area contributed by atoms with Crippen molar-refractivity contribution in [3.8, 4) is 0 Å². The summed E-state index contributed by atoms with van der Waals surface area (Å²) >= 11 is 0. The molecule has 110 valence electrons. The number of nitrogens with zero attached hydrogens (tertiary/aromatic N) is 3. The van der Waals surface area contributed by atoms with Crippen LogP contribution in [0.15, 0.2) is 12.4 Å². The number of hydrogen-bond acceptors (Lipinski definition) is 4. The number of hydrogen-bond donors (Lipinski definition) is 1. The Morgan fingerprint density at radius 2 is 2.20 bits per heavy atom. The minimum atomic E-state index is 0.0266. The number of carbonyl (C=O) groups is 1. The maximum atomic E-state index is 12.6. The minimum absolute atomic E-state index is 0.0266. The predicted molar refractivity (Wildman–Crippen MR) is 79.8 cm³/mol. The summed E-state index contributed by atoms with van der Waals surface area (Å²) in [7, 11) is 0. The number of carbonyl (C=O) groups excluding carboxylic acids is 1. The largest absolute Gasteiger partial charge is 0.369 e. The first-order valence-corrected chi connectivity index (χ1v) is 7.63. The van der Waals surface area contributed by atoms with Crippen molar-refractivity contribution in [2.45, 2.75) is 52.0 Å². The van der Waals surface area contributed by atoms with Crippen LogP contribution in [0.3, 0.4) is 0 Å². The van der Waals surface area contributed by atoms with Crippen molar-refractivity contribution in [3.63, 3.8) is 0 Å². The molecule has 0 radical (unpaired) electrons. The number of anilines is 1. The minimum Gasteiger partial charge on any atom is -0.369 e. The van der Waals surface area contributed by atoms with E-state index in [1.165, 1.54) is 6.42 Å². The number of aromatic nitrogens is 2. The highest BCUT2D eigenvalue weighted by Gasteiger charge is 2.27. The molecule has 1 fully saturated rings. The second-order valence-electron chi connectivity index (χ2n) is 5.25. The van der Waals surface area contributed by atoms with Gasteiger partial charge >= 0.3 is 0 Å². The van der Waals surface area contributed by atoms with Gasteiger partial charge in [-0.2, -0.15) is 0 Å². The van der Waals surface area contributed by atoms with Crippen LogP contribution < -0.4 is 5.32 Å². The van der Waals surface area contributed by atoms with Gasteiger partial charge in [0.05, 0.1) is 12.4 Å². The Balaban J connectivity index is 2.08. The number of nitrogens with one attached hydrogen (secondary N) is 1. The lowest BCUT2D eigenvalue weighted by Gasteiger charge is -2.35. The monoisotopic (exact) mass is 276 g/mol. The van der Waals surface area contributed by atoms with E-state index < -0.39 is 0 Å². The molecule has 20 heavy (non-hydrogen) atoms. The van der Waals surface area contributed by atoms with Crippen molar-refractivity contribution in [2.24, 2.45) is 0 Å². The van der Waals surface area contributed by atoms with Crippen LogP contribution in [0, 0.1) is 0 Å². The molecule has 5 nitrogen and oxygen atoms in total. The summed E-state index contributed by atoms with van der Waals surface area (Å²) in [6.07, 6.45) is 8.83. The van der Waals surface area contributed by atoms with Crippen molar-refractivity contribution >= 4 is 11.7 Å². The summed E-state index contributed by atoms with van der Waals surface area (Å²) in [4.78, 5) is 23.0. The fourth-order valence-corrected chi connectivity index (χ4v) is 2.76. The van der Waals surface area contributed by atoms with Gasteiger partial charge in [-0.3, -0.25) is 4.79 Å². The molecule has 0 aliphatic carbocycles. The molecule has 1 unspecified atom stereocenters. The average molecular weight is 276 g/mol. The van der Waals surface area contributed by atoms with Crippen molar-refractivity contribution in [1.82, 2.24) is 14.9 Å². The lowest BCUT2D eigenvalue weighted by Crippen LogP contribution is -2.44. The van der Waals surface area contributed by atoms with E-state index in [9.17, 15) is 4.79 Å². The zero-order valence-electron chi connectivity index (χ0n) is 12.4. The van der Waals surface area contributed by atoms with E-state index in [0.717, 1.165) is 38.8 Å². The molecule has 0 bridgehead atoms. The molecule has 1 aliphatic rings. The highest BCUT2D eigenvalue weighted by atomic mass is 16.2. The number of likely N-dealkylation sites (tertiary alicyclic amines) is 1. The van der Waals surface area contributed by atoms with Gasteiger partial charge < -0.3 is 10.2 Å². The molecule has 2 heterocycles.